The number of pyridine rings is 1. The van der Waals surface area contributed by atoms with Crippen LogP contribution in [0.25, 0.3) is 6.08 Å². The average Bonchev–Trinajstić information content (AvgIpc) is 3.28. The van der Waals surface area contributed by atoms with Gasteiger partial charge in [0.1, 0.15) is 21.8 Å². The summed E-state index contributed by atoms with van der Waals surface area (Å²) in [5, 5.41) is 9.51. The SMILES string of the molecule is CCC(C)N1C(=O)C(=Cc2c(C)c(C#N)c(=O)n(C)c2N2CCCC2)SC1=S. The number of rotatable bonds is 4. The van der Waals surface area contributed by atoms with Gasteiger partial charge in [-0.1, -0.05) is 30.9 Å². The summed E-state index contributed by atoms with van der Waals surface area (Å²) in [7, 11) is 1.69. The molecule has 8 heteroatoms. The van der Waals surface area contributed by atoms with Crippen LogP contribution in [0.1, 0.15) is 49.8 Å². The minimum absolute atomic E-state index is 0.0346. The molecule has 2 fully saturated rings. The van der Waals surface area contributed by atoms with E-state index < -0.39 is 0 Å². The molecule has 0 N–H and O–H groups in total. The highest BCUT2D eigenvalue weighted by atomic mass is 32.2. The van der Waals surface area contributed by atoms with E-state index in [1.165, 1.54) is 16.3 Å². The zero-order valence-electron chi connectivity index (χ0n) is 16.6. The Hall–Kier alpha value is -2.11. The predicted octanol–water partition coefficient (Wildman–Crippen LogP) is 3.17. The van der Waals surface area contributed by atoms with E-state index in [9.17, 15) is 14.9 Å². The fraction of sp³-hybridized carbons (Fsp3) is 0.500. The van der Waals surface area contributed by atoms with Gasteiger partial charge < -0.3 is 4.90 Å². The summed E-state index contributed by atoms with van der Waals surface area (Å²) in [4.78, 5) is 30.0. The lowest BCUT2D eigenvalue weighted by Crippen LogP contribution is -2.36. The van der Waals surface area contributed by atoms with Gasteiger partial charge in [-0.25, -0.2) is 0 Å². The number of carbonyl (C=O) groups excluding carboxylic acids is 1. The zero-order chi connectivity index (χ0) is 20.6. The maximum Gasteiger partial charge on any atom is 0.270 e. The Morgan fingerprint density at radius 3 is 2.54 bits per heavy atom. The maximum absolute atomic E-state index is 13.0. The van der Waals surface area contributed by atoms with Gasteiger partial charge in [0, 0.05) is 31.7 Å². The van der Waals surface area contributed by atoms with Crippen LogP contribution in [0, 0.1) is 18.3 Å². The second-order valence-corrected chi connectivity index (χ2v) is 8.89. The molecule has 1 atom stereocenters. The standard InChI is InChI=1S/C20H24N4O2S2/c1-5-12(2)24-19(26)16(28-20(24)27)10-14-13(3)15(11-21)18(25)22(4)17(14)23-8-6-7-9-23/h10,12H,5-9H2,1-4H3. The number of thioether (sulfide) groups is 1. The molecule has 0 radical (unpaired) electrons. The first-order valence-electron chi connectivity index (χ1n) is 9.47. The molecular weight excluding hydrogens is 392 g/mol. The monoisotopic (exact) mass is 416 g/mol. The molecule has 2 aliphatic heterocycles. The van der Waals surface area contributed by atoms with Crippen molar-refractivity contribution < 1.29 is 4.79 Å². The summed E-state index contributed by atoms with van der Waals surface area (Å²) in [6.45, 7) is 7.49. The van der Waals surface area contributed by atoms with Crippen molar-refractivity contribution in [1.82, 2.24) is 9.47 Å². The molecule has 0 saturated carbocycles. The third-order valence-electron chi connectivity index (χ3n) is 5.50. The van der Waals surface area contributed by atoms with E-state index in [1.807, 2.05) is 26.0 Å². The van der Waals surface area contributed by atoms with Crippen LogP contribution in [0.2, 0.25) is 0 Å². The Morgan fingerprint density at radius 2 is 1.96 bits per heavy atom. The van der Waals surface area contributed by atoms with Crippen LogP contribution in [0.5, 0.6) is 0 Å². The molecule has 0 spiro atoms. The number of nitrogens with zero attached hydrogens (tertiary/aromatic N) is 4. The van der Waals surface area contributed by atoms with Gasteiger partial charge in [-0.05, 0) is 44.7 Å². The Labute approximate surface area is 174 Å². The van der Waals surface area contributed by atoms with Gasteiger partial charge in [-0.15, -0.1) is 0 Å². The lowest BCUT2D eigenvalue weighted by Gasteiger charge is -2.25. The summed E-state index contributed by atoms with van der Waals surface area (Å²) in [5.74, 6) is 0.663. The van der Waals surface area contributed by atoms with E-state index in [2.05, 4.69) is 4.90 Å². The van der Waals surface area contributed by atoms with Crippen molar-refractivity contribution in [3.05, 3.63) is 31.9 Å². The number of hydrogen-bond acceptors (Lipinski definition) is 6. The Morgan fingerprint density at radius 1 is 1.32 bits per heavy atom. The molecule has 1 unspecified atom stereocenters. The van der Waals surface area contributed by atoms with Crippen LogP contribution in [0.3, 0.4) is 0 Å². The van der Waals surface area contributed by atoms with Crippen molar-refractivity contribution in [1.29, 1.82) is 5.26 Å². The number of nitriles is 1. The average molecular weight is 417 g/mol. The van der Waals surface area contributed by atoms with Gasteiger partial charge in [0.2, 0.25) is 0 Å². The lowest BCUT2D eigenvalue weighted by molar-refractivity contribution is -0.123. The summed E-state index contributed by atoms with van der Waals surface area (Å²) in [5.41, 5.74) is 1.19. The molecule has 2 aliphatic rings. The highest BCUT2D eigenvalue weighted by molar-refractivity contribution is 8.26. The van der Waals surface area contributed by atoms with Crippen LogP contribution < -0.4 is 10.5 Å². The van der Waals surface area contributed by atoms with Crippen molar-refractivity contribution >= 4 is 46.1 Å². The molecule has 1 aromatic rings. The van der Waals surface area contributed by atoms with Crippen LogP contribution in [-0.2, 0) is 11.8 Å². The van der Waals surface area contributed by atoms with E-state index >= 15 is 0 Å². The van der Waals surface area contributed by atoms with E-state index in [0.29, 0.717) is 14.8 Å². The van der Waals surface area contributed by atoms with Gasteiger partial charge in [-0.2, -0.15) is 5.26 Å². The third-order valence-corrected chi connectivity index (χ3v) is 6.83. The summed E-state index contributed by atoms with van der Waals surface area (Å²) < 4.78 is 2.09. The fourth-order valence-corrected chi connectivity index (χ4v) is 5.14. The first kappa shape index (κ1) is 20.6. The number of thiocarbonyl (C=S) groups is 1. The fourth-order valence-electron chi connectivity index (χ4n) is 3.70. The summed E-state index contributed by atoms with van der Waals surface area (Å²) >= 11 is 6.71. The first-order chi connectivity index (χ1) is 13.3. The molecule has 6 nitrogen and oxygen atoms in total. The van der Waals surface area contributed by atoms with Gasteiger partial charge in [-0.3, -0.25) is 19.1 Å². The minimum Gasteiger partial charge on any atom is -0.357 e. The molecule has 2 saturated heterocycles. The normalized spacial score (nSPS) is 19.6. The van der Waals surface area contributed by atoms with Gasteiger partial charge in [0.25, 0.3) is 11.5 Å². The van der Waals surface area contributed by atoms with Crippen LogP contribution in [-0.4, -0.2) is 38.8 Å². The maximum atomic E-state index is 13.0. The summed E-state index contributed by atoms with van der Waals surface area (Å²) in [6, 6.07) is 2.07. The number of amides is 1. The van der Waals surface area contributed by atoms with Crippen LogP contribution >= 0.6 is 24.0 Å². The smallest absolute Gasteiger partial charge is 0.270 e. The zero-order valence-corrected chi connectivity index (χ0v) is 18.2. The molecule has 3 heterocycles. The minimum atomic E-state index is -0.300. The Bertz CT molecular complexity index is 968. The number of carbonyl (C=O) groups is 1. The Kier molecular flexibility index (Phi) is 5.96. The second-order valence-electron chi connectivity index (χ2n) is 7.22. The number of aromatic nitrogens is 1. The number of anilines is 1. The molecule has 1 aromatic heterocycles. The lowest BCUT2D eigenvalue weighted by atomic mass is 10.0. The topological polar surface area (TPSA) is 69.3 Å². The second kappa shape index (κ2) is 8.10. The highest BCUT2D eigenvalue weighted by Crippen LogP contribution is 2.37. The number of hydrogen-bond donors (Lipinski definition) is 0. The molecule has 0 aromatic carbocycles. The van der Waals surface area contributed by atoms with E-state index in [4.69, 9.17) is 12.2 Å². The molecule has 0 aliphatic carbocycles. The molecule has 28 heavy (non-hydrogen) atoms. The van der Waals surface area contributed by atoms with Crippen molar-refractivity contribution in [3.63, 3.8) is 0 Å². The summed E-state index contributed by atoms with van der Waals surface area (Å²) in [6.07, 6.45) is 4.74. The molecule has 148 valence electrons. The van der Waals surface area contributed by atoms with Gasteiger partial charge >= 0.3 is 0 Å². The van der Waals surface area contributed by atoms with Crippen molar-refractivity contribution in [2.24, 2.45) is 7.05 Å². The van der Waals surface area contributed by atoms with E-state index in [1.54, 1.807) is 18.9 Å². The third kappa shape index (κ3) is 3.38. The largest absolute Gasteiger partial charge is 0.357 e. The van der Waals surface area contributed by atoms with E-state index in [0.717, 1.165) is 43.7 Å². The predicted molar refractivity (Wildman–Crippen MR) is 117 cm³/mol. The van der Waals surface area contributed by atoms with Crippen LogP contribution in [0.4, 0.5) is 5.82 Å². The molecule has 1 amide bonds. The quantitative estimate of drug-likeness (QED) is 0.555. The van der Waals surface area contributed by atoms with Gasteiger partial charge in [0.05, 0.1) is 4.91 Å². The first-order valence-corrected chi connectivity index (χ1v) is 10.7. The van der Waals surface area contributed by atoms with Crippen molar-refractivity contribution in [2.75, 3.05) is 18.0 Å². The van der Waals surface area contributed by atoms with Crippen molar-refractivity contribution in [2.45, 2.75) is 46.1 Å². The molecule has 0 bridgehead atoms. The van der Waals surface area contributed by atoms with Crippen molar-refractivity contribution in [3.8, 4) is 6.07 Å². The van der Waals surface area contributed by atoms with Gasteiger partial charge in [0.15, 0.2) is 0 Å². The van der Waals surface area contributed by atoms with Crippen LogP contribution in [0.15, 0.2) is 9.70 Å². The van der Waals surface area contributed by atoms with E-state index in [-0.39, 0.29) is 23.1 Å². The Balaban J connectivity index is 2.19. The molecular formula is C20H24N4O2S2. The highest BCUT2D eigenvalue weighted by Gasteiger charge is 2.35. The molecule has 3 rings (SSSR count).